The molecule has 1 N–H and O–H groups in total. The number of anilines is 1. The van der Waals surface area contributed by atoms with Crippen molar-refractivity contribution in [3.63, 3.8) is 0 Å². The monoisotopic (exact) mass is 322 g/mol. The minimum Gasteiger partial charge on any atom is -0.304 e. The molecule has 0 saturated carbocycles. The fourth-order valence-electron chi connectivity index (χ4n) is 1.52. The van der Waals surface area contributed by atoms with Crippen molar-refractivity contribution in [2.24, 2.45) is 7.05 Å². The minimum absolute atomic E-state index is 0.0712. The van der Waals surface area contributed by atoms with Crippen molar-refractivity contribution in [3.8, 4) is 6.07 Å². The molecule has 0 aliphatic carbocycles. The fraction of sp³-hybridized carbons (Fsp3) is 0.0833. The molecular formula is C12H8BrFN4O. The van der Waals surface area contributed by atoms with Crippen LogP contribution in [-0.4, -0.2) is 15.7 Å². The van der Waals surface area contributed by atoms with Gasteiger partial charge in [-0.3, -0.25) is 9.48 Å². The van der Waals surface area contributed by atoms with Crippen LogP contribution in [0.5, 0.6) is 0 Å². The van der Waals surface area contributed by atoms with Gasteiger partial charge in [0.25, 0.3) is 5.91 Å². The van der Waals surface area contributed by atoms with Gasteiger partial charge in [0.15, 0.2) is 5.82 Å². The number of benzene rings is 1. The Labute approximate surface area is 116 Å². The number of amides is 1. The van der Waals surface area contributed by atoms with Crippen LogP contribution in [0.25, 0.3) is 0 Å². The van der Waals surface area contributed by atoms with Crippen LogP contribution >= 0.6 is 15.9 Å². The quantitative estimate of drug-likeness (QED) is 0.923. The highest BCUT2D eigenvalue weighted by Crippen LogP contribution is 2.22. The number of hydrogen-bond acceptors (Lipinski definition) is 3. The summed E-state index contributed by atoms with van der Waals surface area (Å²) in [6, 6.07) is 6.05. The Morgan fingerprint density at radius 2 is 2.32 bits per heavy atom. The largest absolute Gasteiger partial charge is 0.304 e. The van der Waals surface area contributed by atoms with Crippen molar-refractivity contribution < 1.29 is 9.18 Å². The first-order valence-corrected chi connectivity index (χ1v) is 6.01. The number of carbonyl (C=O) groups excluding carboxylic acids is 1. The van der Waals surface area contributed by atoms with E-state index in [-0.39, 0.29) is 21.4 Å². The van der Waals surface area contributed by atoms with E-state index in [0.29, 0.717) is 0 Å². The molecule has 0 fully saturated rings. The summed E-state index contributed by atoms with van der Waals surface area (Å²) in [6.07, 6.45) is 1.48. The summed E-state index contributed by atoms with van der Waals surface area (Å²) in [5.74, 6) is -0.929. The van der Waals surface area contributed by atoms with E-state index in [4.69, 9.17) is 5.26 Å². The molecule has 0 spiro atoms. The molecule has 0 radical (unpaired) electrons. The van der Waals surface area contributed by atoms with Crippen LogP contribution in [-0.2, 0) is 7.05 Å². The topological polar surface area (TPSA) is 70.7 Å². The van der Waals surface area contributed by atoms with Crippen LogP contribution in [0.15, 0.2) is 28.9 Å². The highest BCUT2D eigenvalue weighted by molar-refractivity contribution is 9.10. The lowest BCUT2D eigenvalue weighted by atomic mass is 10.2. The van der Waals surface area contributed by atoms with Gasteiger partial charge in [0.05, 0.1) is 10.0 Å². The van der Waals surface area contributed by atoms with Crippen molar-refractivity contribution in [2.45, 2.75) is 0 Å². The van der Waals surface area contributed by atoms with Gasteiger partial charge in [-0.25, -0.2) is 4.39 Å². The van der Waals surface area contributed by atoms with Crippen LogP contribution in [0, 0.1) is 17.1 Å². The third kappa shape index (κ3) is 2.63. The van der Waals surface area contributed by atoms with Crippen LogP contribution < -0.4 is 5.32 Å². The number of carbonyl (C=O) groups is 1. The van der Waals surface area contributed by atoms with Gasteiger partial charge in [-0.05, 0) is 28.1 Å². The van der Waals surface area contributed by atoms with Gasteiger partial charge in [0.2, 0.25) is 0 Å². The first-order valence-electron chi connectivity index (χ1n) is 5.22. The van der Waals surface area contributed by atoms with Gasteiger partial charge in [-0.1, -0.05) is 6.07 Å². The Morgan fingerprint density at radius 1 is 1.58 bits per heavy atom. The molecule has 1 amide bonds. The number of nitrogens with zero attached hydrogens (tertiary/aromatic N) is 3. The van der Waals surface area contributed by atoms with Gasteiger partial charge in [-0.15, -0.1) is 0 Å². The normalized spacial score (nSPS) is 10.0. The summed E-state index contributed by atoms with van der Waals surface area (Å²) in [5.41, 5.74) is 0.373. The van der Waals surface area contributed by atoms with Crippen molar-refractivity contribution >= 4 is 27.7 Å². The molecule has 1 aromatic carbocycles. The smallest absolute Gasteiger partial charge is 0.258 e. The summed E-state index contributed by atoms with van der Waals surface area (Å²) in [4.78, 5) is 12.0. The lowest BCUT2D eigenvalue weighted by Crippen LogP contribution is -2.14. The Balaban J connectivity index is 2.31. The molecule has 19 heavy (non-hydrogen) atoms. The van der Waals surface area contributed by atoms with E-state index in [1.165, 1.54) is 29.1 Å². The van der Waals surface area contributed by atoms with Crippen molar-refractivity contribution in [1.82, 2.24) is 9.78 Å². The summed E-state index contributed by atoms with van der Waals surface area (Å²) < 4.78 is 14.8. The standard InChI is InChI=1S/C12H8BrFN4O/c1-18-6-7(5-15)11(17-18)16-12(19)8-3-2-4-9(14)10(8)13/h2-4,6H,1H3,(H,16,17,19). The maximum absolute atomic E-state index is 13.3. The zero-order chi connectivity index (χ0) is 14.0. The highest BCUT2D eigenvalue weighted by atomic mass is 79.9. The lowest BCUT2D eigenvalue weighted by molar-refractivity contribution is 0.102. The molecule has 0 atom stereocenters. The van der Waals surface area contributed by atoms with Crippen molar-refractivity contribution in [2.75, 3.05) is 5.32 Å². The maximum atomic E-state index is 13.3. The summed E-state index contributed by atoms with van der Waals surface area (Å²) >= 11 is 3.01. The van der Waals surface area contributed by atoms with Crippen LogP contribution in [0.4, 0.5) is 10.2 Å². The first-order chi connectivity index (χ1) is 9.02. The average molecular weight is 323 g/mol. The molecule has 2 rings (SSSR count). The van der Waals surface area contributed by atoms with Crippen molar-refractivity contribution in [3.05, 3.63) is 45.8 Å². The second kappa shape index (κ2) is 5.20. The molecule has 96 valence electrons. The maximum Gasteiger partial charge on any atom is 0.258 e. The molecule has 7 heteroatoms. The number of rotatable bonds is 2. The number of hydrogen-bond donors (Lipinski definition) is 1. The molecule has 0 aliphatic rings. The summed E-state index contributed by atoms with van der Waals surface area (Å²) in [7, 11) is 1.63. The third-order valence-electron chi connectivity index (χ3n) is 2.38. The molecule has 0 bridgehead atoms. The molecule has 0 saturated heterocycles. The average Bonchev–Trinajstić information content (AvgIpc) is 2.72. The van der Waals surface area contributed by atoms with Crippen LogP contribution in [0.1, 0.15) is 15.9 Å². The molecule has 5 nitrogen and oxygen atoms in total. The number of aromatic nitrogens is 2. The van der Waals surface area contributed by atoms with Gasteiger partial charge in [0, 0.05) is 13.2 Å². The van der Waals surface area contributed by atoms with Gasteiger partial charge < -0.3 is 5.32 Å². The highest BCUT2D eigenvalue weighted by Gasteiger charge is 2.16. The number of halogens is 2. The molecular weight excluding hydrogens is 315 g/mol. The molecule has 0 aliphatic heterocycles. The first kappa shape index (κ1) is 13.2. The van der Waals surface area contributed by atoms with Crippen molar-refractivity contribution in [1.29, 1.82) is 5.26 Å². The van der Waals surface area contributed by atoms with E-state index in [1.54, 1.807) is 7.05 Å². The lowest BCUT2D eigenvalue weighted by Gasteiger charge is -2.05. The van der Waals surface area contributed by atoms with Gasteiger partial charge >= 0.3 is 0 Å². The second-order valence-corrected chi connectivity index (χ2v) is 4.53. The van der Waals surface area contributed by atoms with E-state index < -0.39 is 11.7 Å². The summed E-state index contributed by atoms with van der Waals surface area (Å²) in [5, 5.41) is 15.3. The van der Waals surface area contributed by atoms with Crippen LogP contribution in [0.3, 0.4) is 0 Å². The predicted octanol–water partition coefficient (Wildman–Crippen LogP) is 2.45. The molecule has 0 unspecified atom stereocenters. The SMILES string of the molecule is Cn1cc(C#N)c(NC(=O)c2cccc(F)c2Br)n1. The predicted molar refractivity (Wildman–Crippen MR) is 70.0 cm³/mol. The van der Waals surface area contributed by atoms with Gasteiger partial charge in [0.1, 0.15) is 17.4 Å². The number of aryl methyl sites for hydroxylation is 1. The zero-order valence-electron chi connectivity index (χ0n) is 9.82. The Morgan fingerprint density at radius 3 is 3.00 bits per heavy atom. The van der Waals surface area contributed by atoms with E-state index in [1.807, 2.05) is 6.07 Å². The van der Waals surface area contributed by atoms with E-state index in [2.05, 4.69) is 26.3 Å². The minimum atomic E-state index is -0.540. The number of nitrogens with one attached hydrogen (secondary N) is 1. The molecule has 2 aromatic rings. The summed E-state index contributed by atoms with van der Waals surface area (Å²) in [6.45, 7) is 0. The van der Waals surface area contributed by atoms with Gasteiger partial charge in [-0.2, -0.15) is 10.4 Å². The Bertz CT molecular complexity index is 690. The second-order valence-electron chi connectivity index (χ2n) is 3.73. The Kier molecular flexibility index (Phi) is 3.62. The molecule has 1 heterocycles. The van der Waals surface area contributed by atoms with E-state index >= 15 is 0 Å². The Hall–Kier alpha value is -2.20. The van der Waals surface area contributed by atoms with E-state index in [0.717, 1.165) is 0 Å². The molecule has 1 aromatic heterocycles. The van der Waals surface area contributed by atoms with Crippen LogP contribution in [0.2, 0.25) is 0 Å². The fourth-order valence-corrected chi connectivity index (χ4v) is 1.96. The van der Waals surface area contributed by atoms with E-state index in [9.17, 15) is 9.18 Å². The third-order valence-corrected chi connectivity index (χ3v) is 3.18. The zero-order valence-corrected chi connectivity index (χ0v) is 11.4. The number of nitriles is 1.